The minimum Gasteiger partial charge on any atom is -0.496 e. The summed E-state index contributed by atoms with van der Waals surface area (Å²) in [5.74, 6) is 1.53. The molecular formula is C28H33N3O2. The van der Waals surface area contributed by atoms with E-state index in [1.54, 1.807) is 7.11 Å². The van der Waals surface area contributed by atoms with Gasteiger partial charge in [0.05, 0.1) is 18.8 Å². The molecule has 4 rings (SSSR count). The van der Waals surface area contributed by atoms with Gasteiger partial charge in [-0.25, -0.2) is 0 Å². The molecule has 5 heteroatoms. The van der Waals surface area contributed by atoms with Crippen molar-refractivity contribution in [3.05, 3.63) is 84.2 Å². The second-order valence-corrected chi connectivity index (χ2v) is 8.87. The number of amides is 1. The van der Waals surface area contributed by atoms with E-state index in [1.807, 2.05) is 54.7 Å². The van der Waals surface area contributed by atoms with E-state index in [1.165, 1.54) is 5.56 Å². The van der Waals surface area contributed by atoms with Gasteiger partial charge in [0.15, 0.2) is 0 Å². The van der Waals surface area contributed by atoms with Crippen LogP contribution < -0.4 is 15.8 Å². The Hall–Kier alpha value is -3.18. The summed E-state index contributed by atoms with van der Waals surface area (Å²) in [6, 6.07) is 22.0. The van der Waals surface area contributed by atoms with Gasteiger partial charge in [-0.3, -0.25) is 9.78 Å². The van der Waals surface area contributed by atoms with E-state index >= 15 is 0 Å². The molecule has 1 heterocycles. The molecule has 33 heavy (non-hydrogen) atoms. The van der Waals surface area contributed by atoms with Crippen molar-refractivity contribution in [2.24, 2.45) is 17.6 Å². The highest BCUT2D eigenvalue weighted by atomic mass is 16.5. The Morgan fingerprint density at radius 3 is 2.52 bits per heavy atom. The number of nitrogens with two attached hydrogens (primary N) is 1. The Kier molecular flexibility index (Phi) is 7.74. The molecule has 2 aromatic carbocycles. The van der Waals surface area contributed by atoms with Crippen molar-refractivity contribution < 1.29 is 9.53 Å². The van der Waals surface area contributed by atoms with E-state index in [-0.39, 0.29) is 17.9 Å². The number of nitrogens with zero attached hydrogens (tertiary/aromatic N) is 1. The van der Waals surface area contributed by atoms with Crippen LogP contribution in [0.5, 0.6) is 5.75 Å². The number of aromatic nitrogens is 1. The highest BCUT2D eigenvalue weighted by molar-refractivity contribution is 5.79. The molecule has 1 fully saturated rings. The van der Waals surface area contributed by atoms with E-state index in [4.69, 9.17) is 10.5 Å². The van der Waals surface area contributed by atoms with Gasteiger partial charge in [0.1, 0.15) is 5.75 Å². The normalized spacial score (nSPS) is 19.0. The fraction of sp³-hybridized carbons (Fsp3) is 0.357. The van der Waals surface area contributed by atoms with Gasteiger partial charge in [-0.1, -0.05) is 48.5 Å². The average Bonchev–Trinajstić information content (AvgIpc) is 2.89. The number of hydrogen-bond donors (Lipinski definition) is 2. The summed E-state index contributed by atoms with van der Waals surface area (Å²) in [5.41, 5.74) is 9.88. The van der Waals surface area contributed by atoms with E-state index in [0.717, 1.165) is 48.3 Å². The quantitative estimate of drug-likeness (QED) is 0.518. The summed E-state index contributed by atoms with van der Waals surface area (Å²) >= 11 is 0. The van der Waals surface area contributed by atoms with E-state index in [2.05, 4.69) is 28.5 Å². The molecule has 0 saturated heterocycles. The summed E-state index contributed by atoms with van der Waals surface area (Å²) in [6.07, 6.45) is 6.36. The first-order chi connectivity index (χ1) is 16.2. The van der Waals surface area contributed by atoms with Gasteiger partial charge in [-0.15, -0.1) is 0 Å². The van der Waals surface area contributed by atoms with Crippen LogP contribution in [0.1, 0.15) is 43.0 Å². The lowest BCUT2D eigenvalue weighted by Crippen LogP contribution is -2.37. The first-order valence-corrected chi connectivity index (χ1v) is 11.8. The molecule has 1 aliphatic carbocycles. The number of carbonyl (C=O) groups is 1. The molecule has 1 unspecified atom stereocenters. The molecule has 1 aliphatic rings. The lowest BCUT2D eigenvalue weighted by atomic mass is 9.81. The van der Waals surface area contributed by atoms with Crippen LogP contribution in [0.3, 0.4) is 0 Å². The number of carbonyl (C=O) groups excluding carboxylic acids is 1. The molecule has 172 valence electrons. The fourth-order valence-corrected chi connectivity index (χ4v) is 4.72. The standard InChI is InChI=1S/C28H33N3O2/c1-33-27-10-6-5-9-24(27)23-15-16-30-25(18-23)26(17-20-7-3-2-4-8-20)31-28(32)22-13-11-21(19-29)12-14-22/h2-10,15-16,18,21-22,26H,11-14,17,19,29H2,1H3,(H,31,32). The lowest BCUT2D eigenvalue weighted by Gasteiger charge is -2.28. The number of rotatable bonds is 8. The number of methoxy groups -OCH3 is 1. The Balaban J connectivity index is 1.59. The van der Waals surface area contributed by atoms with E-state index in [0.29, 0.717) is 18.9 Å². The minimum absolute atomic E-state index is 0.0449. The van der Waals surface area contributed by atoms with Crippen LogP contribution in [-0.4, -0.2) is 24.5 Å². The monoisotopic (exact) mass is 443 g/mol. The summed E-state index contributed by atoms with van der Waals surface area (Å²) in [6.45, 7) is 0.713. The first-order valence-electron chi connectivity index (χ1n) is 11.8. The third-order valence-electron chi connectivity index (χ3n) is 6.71. The molecule has 0 aliphatic heterocycles. The Morgan fingerprint density at radius 2 is 1.79 bits per heavy atom. The summed E-state index contributed by atoms with van der Waals surface area (Å²) < 4.78 is 5.56. The van der Waals surface area contributed by atoms with Crippen LogP contribution in [0, 0.1) is 11.8 Å². The van der Waals surface area contributed by atoms with Crippen LogP contribution in [0.25, 0.3) is 11.1 Å². The second-order valence-electron chi connectivity index (χ2n) is 8.87. The number of nitrogens with one attached hydrogen (secondary N) is 1. The highest BCUT2D eigenvalue weighted by Gasteiger charge is 2.28. The van der Waals surface area contributed by atoms with Gasteiger partial charge in [0, 0.05) is 17.7 Å². The highest BCUT2D eigenvalue weighted by Crippen LogP contribution is 2.32. The molecule has 0 radical (unpaired) electrons. The van der Waals surface area contributed by atoms with Gasteiger partial charge in [0.2, 0.25) is 5.91 Å². The van der Waals surface area contributed by atoms with Crippen molar-refractivity contribution in [1.29, 1.82) is 0 Å². The SMILES string of the molecule is COc1ccccc1-c1ccnc(C(Cc2ccccc2)NC(=O)C2CCC(CN)CC2)c1. The van der Waals surface area contributed by atoms with Crippen LogP contribution in [0.15, 0.2) is 72.9 Å². The molecule has 3 N–H and O–H groups in total. The zero-order valence-corrected chi connectivity index (χ0v) is 19.2. The Bertz CT molecular complexity index is 1050. The molecule has 0 bridgehead atoms. The predicted molar refractivity (Wildman–Crippen MR) is 132 cm³/mol. The molecule has 1 amide bonds. The summed E-state index contributed by atoms with van der Waals surface area (Å²) in [7, 11) is 1.68. The van der Waals surface area contributed by atoms with Crippen molar-refractivity contribution in [1.82, 2.24) is 10.3 Å². The smallest absolute Gasteiger partial charge is 0.223 e. The molecule has 5 nitrogen and oxygen atoms in total. The van der Waals surface area contributed by atoms with Crippen molar-refractivity contribution >= 4 is 5.91 Å². The van der Waals surface area contributed by atoms with Gasteiger partial charge in [-0.05, 0) is 73.9 Å². The largest absolute Gasteiger partial charge is 0.496 e. The van der Waals surface area contributed by atoms with Crippen molar-refractivity contribution in [3.63, 3.8) is 0 Å². The fourth-order valence-electron chi connectivity index (χ4n) is 4.72. The predicted octanol–water partition coefficient (Wildman–Crippen LogP) is 4.92. The maximum atomic E-state index is 13.2. The van der Waals surface area contributed by atoms with Gasteiger partial charge in [-0.2, -0.15) is 0 Å². The molecule has 3 aromatic rings. The third kappa shape index (κ3) is 5.79. The second kappa shape index (κ2) is 11.1. The van der Waals surface area contributed by atoms with E-state index < -0.39 is 0 Å². The topological polar surface area (TPSA) is 77.2 Å². The maximum absolute atomic E-state index is 13.2. The number of hydrogen-bond acceptors (Lipinski definition) is 4. The number of pyridine rings is 1. The van der Waals surface area contributed by atoms with Crippen molar-refractivity contribution in [3.8, 4) is 16.9 Å². The van der Waals surface area contributed by atoms with Gasteiger partial charge >= 0.3 is 0 Å². The van der Waals surface area contributed by atoms with Crippen molar-refractivity contribution in [2.45, 2.75) is 38.1 Å². The molecule has 1 aromatic heterocycles. The van der Waals surface area contributed by atoms with Crippen molar-refractivity contribution in [2.75, 3.05) is 13.7 Å². The third-order valence-corrected chi connectivity index (χ3v) is 6.71. The zero-order valence-electron chi connectivity index (χ0n) is 19.2. The summed E-state index contributed by atoms with van der Waals surface area (Å²) in [4.78, 5) is 17.9. The number of para-hydroxylation sites is 1. The zero-order chi connectivity index (χ0) is 23.0. The van der Waals surface area contributed by atoms with E-state index in [9.17, 15) is 4.79 Å². The Morgan fingerprint density at radius 1 is 1.06 bits per heavy atom. The van der Waals surface area contributed by atoms with Crippen LogP contribution >= 0.6 is 0 Å². The van der Waals surface area contributed by atoms with Crippen LogP contribution in [-0.2, 0) is 11.2 Å². The van der Waals surface area contributed by atoms with Gasteiger partial charge < -0.3 is 15.8 Å². The maximum Gasteiger partial charge on any atom is 0.223 e. The molecule has 0 spiro atoms. The number of benzene rings is 2. The summed E-state index contributed by atoms with van der Waals surface area (Å²) in [5, 5.41) is 3.33. The van der Waals surface area contributed by atoms with Gasteiger partial charge in [0.25, 0.3) is 0 Å². The van der Waals surface area contributed by atoms with Crippen LogP contribution in [0.4, 0.5) is 0 Å². The average molecular weight is 444 g/mol. The molecule has 1 atom stereocenters. The minimum atomic E-state index is -0.207. The lowest BCUT2D eigenvalue weighted by molar-refractivity contribution is -0.127. The molecule has 1 saturated carbocycles. The number of ether oxygens (including phenoxy) is 1. The molecular weight excluding hydrogens is 410 g/mol. The van der Waals surface area contributed by atoms with Crippen LogP contribution in [0.2, 0.25) is 0 Å². The Labute approximate surface area is 196 Å². The first kappa shape index (κ1) is 23.0.